The quantitative estimate of drug-likeness (QED) is 0.547. The van der Waals surface area contributed by atoms with E-state index in [0.717, 1.165) is 43.4 Å². The molecule has 0 aliphatic heterocycles. The van der Waals surface area contributed by atoms with Gasteiger partial charge in [-0.15, -0.1) is 0 Å². The van der Waals surface area contributed by atoms with Crippen molar-refractivity contribution in [3.63, 3.8) is 0 Å². The number of halogens is 1. The summed E-state index contributed by atoms with van der Waals surface area (Å²) < 4.78 is 1.56. The molecule has 1 aromatic rings. The highest BCUT2D eigenvalue weighted by Gasteiger charge is 2.05. The van der Waals surface area contributed by atoms with Gasteiger partial charge >= 0.3 is 0 Å². The van der Waals surface area contributed by atoms with Gasteiger partial charge in [0.25, 0.3) is 5.56 Å². The Hall–Kier alpha value is -0.840. The van der Waals surface area contributed by atoms with E-state index < -0.39 is 0 Å². The lowest BCUT2D eigenvalue weighted by Gasteiger charge is -2.20. The van der Waals surface area contributed by atoms with Gasteiger partial charge in [-0.3, -0.25) is 4.79 Å². The van der Waals surface area contributed by atoms with E-state index in [4.69, 9.17) is 0 Å². The van der Waals surface area contributed by atoms with Crippen LogP contribution in [0.25, 0.3) is 0 Å². The Morgan fingerprint density at radius 3 is 2.56 bits per heavy atom. The fraction of sp³-hybridized carbons (Fsp3) is 0.692. The fourth-order valence-electron chi connectivity index (χ4n) is 1.89. The van der Waals surface area contributed by atoms with Crippen LogP contribution in [0.15, 0.2) is 17.1 Å². The Balaban J connectivity index is 2.65. The van der Waals surface area contributed by atoms with Gasteiger partial charge in [-0.25, -0.2) is 4.68 Å². The van der Waals surface area contributed by atoms with E-state index in [9.17, 15) is 4.79 Å². The third-order valence-corrected chi connectivity index (χ3v) is 3.55. The van der Waals surface area contributed by atoms with Gasteiger partial charge in [0.1, 0.15) is 0 Å². The van der Waals surface area contributed by atoms with Crippen LogP contribution in [0.1, 0.15) is 33.1 Å². The van der Waals surface area contributed by atoms with Gasteiger partial charge in [-0.1, -0.05) is 22.4 Å². The normalized spacial score (nSPS) is 10.6. The highest BCUT2D eigenvalue weighted by Crippen LogP contribution is 2.08. The third-order valence-electron chi connectivity index (χ3n) is 2.99. The highest BCUT2D eigenvalue weighted by atomic mass is 79.9. The molecule has 0 saturated carbocycles. The molecule has 0 amide bonds. The van der Waals surface area contributed by atoms with E-state index in [0.29, 0.717) is 6.54 Å². The minimum Gasteiger partial charge on any atom is -0.371 e. The van der Waals surface area contributed by atoms with Crippen molar-refractivity contribution in [3.8, 4) is 0 Å². The minimum atomic E-state index is -0.00163. The van der Waals surface area contributed by atoms with Crippen molar-refractivity contribution >= 4 is 21.6 Å². The van der Waals surface area contributed by atoms with Gasteiger partial charge in [-0.2, -0.15) is 5.10 Å². The fourth-order valence-corrected chi connectivity index (χ4v) is 2.28. The van der Waals surface area contributed by atoms with Gasteiger partial charge in [0.15, 0.2) is 0 Å². The first-order chi connectivity index (χ1) is 8.72. The number of hydrogen-bond donors (Lipinski definition) is 0. The summed E-state index contributed by atoms with van der Waals surface area (Å²) in [5, 5.41) is 5.27. The number of unbranched alkanes of at least 4 members (excludes halogenated alkanes) is 2. The van der Waals surface area contributed by atoms with Gasteiger partial charge in [0, 0.05) is 31.0 Å². The Labute approximate surface area is 117 Å². The van der Waals surface area contributed by atoms with Crippen LogP contribution in [0.2, 0.25) is 0 Å². The average Bonchev–Trinajstić information content (AvgIpc) is 2.38. The molecule has 0 aliphatic rings. The van der Waals surface area contributed by atoms with Crippen LogP contribution in [0.4, 0.5) is 5.69 Å². The van der Waals surface area contributed by atoms with E-state index in [-0.39, 0.29) is 5.56 Å². The van der Waals surface area contributed by atoms with Crippen molar-refractivity contribution in [2.24, 2.45) is 0 Å². The summed E-state index contributed by atoms with van der Waals surface area (Å²) in [6.45, 7) is 6.66. The molecular formula is C13H22BrN3O. The zero-order valence-electron chi connectivity index (χ0n) is 11.2. The molecule has 1 aromatic heterocycles. The molecule has 1 heterocycles. The molecule has 0 spiro atoms. The monoisotopic (exact) mass is 315 g/mol. The smallest absolute Gasteiger partial charge is 0.268 e. The van der Waals surface area contributed by atoms with Gasteiger partial charge < -0.3 is 4.90 Å². The number of anilines is 1. The van der Waals surface area contributed by atoms with Crippen molar-refractivity contribution in [2.45, 2.75) is 39.7 Å². The average molecular weight is 316 g/mol. The number of alkyl halides is 1. The largest absolute Gasteiger partial charge is 0.371 e. The van der Waals surface area contributed by atoms with Crippen LogP contribution in [0, 0.1) is 0 Å². The maximum atomic E-state index is 11.9. The lowest BCUT2D eigenvalue weighted by Crippen LogP contribution is -2.27. The highest BCUT2D eigenvalue weighted by molar-refractivity contribution is 9.09. The van der Waals surface area contributed by atoms with Crippen LogP contribution in [-0.2, 0) is 6.54 Å². The lowest BCUT2D eigenvalue weighted by atomic mass is 10.2. The molecule has 1 rings (SSSR count). The molecule has 0 aromatic carbocycles. The second kappa shape index (κ2) is 8.29. The van der Waals surface area contributed by atoms with E-state index >= 15 is 0 Å². The zero-order valence-corrected chi connectivity index (χ0v) is 12.8. The molecule has 102 valence electrons. The molecule has 0 fully saturated rings. The molecule has 0 N–H and O–H groups in total. The third kappa shape index (κ3) is 4.44. The second-order valence-corrected chi connectivity index (χ2v) is 4.99. The minimum absolute atomic E-state index is 0.00163. The van der Waals surface area contributed by atoms with Crippen LogP contribution in [0.5, 0.6) is 0 Å². The second-order valence-electron chi connectivity index (χ2n) is 4.20. The SMILES string of the molecule is CCN(CC)c1cnn(CCCCCBr)c(=O)c1. The maximum Gasteiger partial charge on any atom is 0.268 e. The zero-order chi connectivity index (χ0) is 13.4. The molecule has 0 radical (unpaired) electrons. The van der Waals surface area contributed by atoms with E-state index in [1.807, 2.05) is 0 Å². The molecule has 5 heteroatoms. The first-order valence-electron chi connectivity index (χ1n) is 6.61. The van der Waals surface area contributed by atoms with Crippen LogP contribution < -0.4 is 10.5 Å². The molecule has 0 aliphatic carbocycles. The maximum absolute atomic E-state index is 11.9. The summed E-state index contributed by atoms with van der Waals surface area (Å²) >= 11 is 3.40. The molecule has 0 bridgehead atoms. The number of aromatic nitrogens is 2. The number of hydrogen-bond acceptors (Lipinski definition) is 3. The van der Waals surface area contributed by atoms with Crippen LogP contribution in [0.3, 0.4) is 0 Å². The van der Waals surface area contributed by atoms with E-state index in [1.165, 1.54) is 0 Å². The summed E-state index contributed by atoms with van der Waals surface area (Å²) in [4.78, 5) is 14.0. The number of nitrogens with zero attached hydrogens (tertiary/aromatic N) is 3. The van der Waals surface area contributed by atoms with Crippen molar-refractivity contribution in [3.05, 3.63) is 22.6 Å². The van der Waals surface area contributed by atoms with Crippen molar-refractivity contribution in [2.75, 3.05) is 23.3 Å². The Morgan fingerprint density at radius 1 is 1.28 bits per heavy atom. The standard InChI is InChI=1S/C13H22BrN3O/c1-3-16(4-2)12-10-13(18)17(15-11-12)9-7-5-6-8-14/h10-11H,3-9H2,1-2H3. The summed E-state index contributed by atoms with van der Waals surface area (Å²) in [7, 11) is 0. The molecule has 18 heavy (non-hydrogen) atoms. The first-order valence-corrected chi connectivity index (χ1v) is 7.73. The molecule has 4 nitrogen and oxygen atoms in total. The van der Waals surface area contributed by atoms with E-state index in [1.54, 1.807) is 16.9 Å². The van der Waals surface area contributed by atoms with Crippen molar-refractivity contribution < 1.29 is 0 Å². The molecule has 0 atom stereocenters. The van der Waals surface area contributed by atoms with Gasteiger partial charge in [-0.05, 0) is 26.7 Å². The Bertz CT molecular complexity index is 401. The Morgan fingerprint density at radius 2 is 2.00 bits per heavy atom. The summed E-state index contributed by atoms with van der Waals surface area (Å²) in [6.07, 6.45) is 5.06. The van der Waals surface area contributed by atoms with Crippen LogP contribution >= 0.6 is 15.9 Å². The van der Waals surface area contributed by atoms with Crippen molar-refractivity contribution in [1.29, 1.82) is 0 Å². The molecular weight excluding hydrogens is 294 g/mol. The van der Waals surface area contributed by atoms with Gasteiger partial charge in [0.05, 0.1) is 11.9 Å². The first kappa shape index (κ1) is 15.2. The number of aryl methyl sites for hydroxylation is 1. The molecule has 0 unspecified atom stereocenters. The number of rotatable bonds is 8. The van der Waals surface area contributed by atoms with Gasteiger partial charge in [0.2, 0.25) is 0 Å². The lowest BCUT2D eigenvalue weighted by molar-refractivity contribution is 0.529. The Kier molecular flexibility index (Phi) is 7.01. The summed E-state index contributed by atoms with van der Waals surface area (Å²) in [5.74, 6) is 0. The molecule has 0 saturated heterocycles. The van der Waals surface area contributed by atoms with Crippen LogP contribution in [-0.4, -0.2) is 28.2 Å². The summed E-state index contributed by atoms with van der Waals surface area (Å²) in [5.41, 5.74) is 0.917. The topological polar surface area (TPSA) is 38.1 Å². The predicted molar refractivity (Wildman–Crippen MR) is 79.7 cm³/mol. The van der Waals surface area contributed by atoms with Crippen molar-refractivity contribution in [1.82, 2.24) is 9.78 Å². The predicted octanol–water partition coefficient (Wildman–Crippen LogP) is 2.65. The summed E-state index contributed by atoms with van der Waals surface area (Å²) in [6, 6.07) is 1.69. The van der Waals surface area contributed by atoms with E-state index in [2.05, 4.69) is 39.8 Å².